The van der Waals surface area contributed by atoms with Gasteiger partial charge in [0.15, 0.2) is 0 Å². The van der Waals surface area contributed by atoms with Crippen molar-refractivity contribution in [3.8, 4) is 0 Å². The van der Waals surface area contributed by atoms with E-state index in [1.54, 1.807) is 7.05 Å². The molecule has 1 aromatic rings. The van der Waals surface area contributed by atoms with Crippen LogP contribution in [0.25, 0.3) is 0 Å². The van der Waals surface area contributed by atoms with Gasteiger partial charge in [0.25, 0.3) is 0 Å². The Morgan fingerprint density at radius 3 is 2.37 bits per heavy atom. The molecule has 0 saturated carbocycles. The van der Waals surface area contributed by atoms with E-state index in [9.17, 15) is 13.2 Å². The number of nitrogens with one attached hydrogen (secondary N) is 1. The molecule has 6 heteroatoms. The Bertz CT molecular complexity index is 416. The highest BCUT2D eigenvalue weighted by molar-refractivity contribution is 5.51. The van der Waals surface area contributed by atoms with Gasteiger partial charge in [0.1, 0.15) is 11.6 Å². The second-order valence-corrected chi connectivity index (χ2v) is 4.78. The summed E-state index contributed by atoms with van der Waals surface area (Å²) in [5, 5.41) is 2.67. The van der Waals surface area contributed by atoms with Crippen molar-refractivity contribution in [3.05, 3.63) is 17.7 Å². The molecule has 0 aliphatic carbocycles. The van der Waals surface area contributed by atoms with E-state index < -0.39 is 11.7 Å². The highest BCUT2D eigenvalue weighted by Gasteiger charge is 2.32. The molecule has 0 bridgehead atoms. The lowest BCUT2D eigenvalue weighted by Gasteiger charge is -2.25. The predicted octanol–water partition coefficient (Wildman–Crippen LogP) is 3.62. The summed E-state index contributed by atoms with van der Waals surface area (Å²) in [6, 6.07) is 2.12. The summed E-state index contributed by atoms with van der Waals surface area (Å²) in [6.45, 7) is 7.25. The van der Waals surface area contributed by atoms with Crippen molar-refractivity contribution in [2.24, 2.45) is 5.92 Å². The maximum atomic E-state index is 12.8. The summed E-state index contributed by atoms with van der Waals surface area (Å²) in [6.07, 6.45) is -4.36. The molecule has 3 nitrogen and oxygen atoms in total. The molecule has 1 rings (SSSR count). The summed E-state index contributed by atoms with van der Waals surface area (Å²) in [5.41, 5.74) is -0.677. The fourth-order valence-electron chi connectivity index (χ4n) is 1.80. The average molecular weight is 275 g/mol. The van der Waals surface area contributed by atoms with Crippen LogP contribution in [0, 0.1) is 5.92 Å². The van der Waals surface area contributed by atoms with E-state index in [-0.39, 0.29) is 5.82 Å². The van der Waals surface area contributed by atoms with Crippen LogP contribution in [0.1, 0.15) is 26.3 Å². The lowest BCUT2D eigenvalue weighted by atomic mass is 10.2. The van der Waals surface area contributed by atoms with Gasteiger partial charge in [0, 0.05) is 20.1 Å². The fraction of sp³-hybridized carbons (Fsp3) is 0.615. The number of hydrogen-bond donors (Lipinski definition) is 1. The van der Waals surface area contributed by atoms with Gasteiger partial charge in [-0.25, -0.2) is 4.98 Å². The van der Waals surface area contributed by atoms with Gasteiger partial charge in [-0.3, -0.25) is 0 Å². The SMILES string of the molecule is CCN(CC(C)C)c1cc(C(F)(F)F)cc(NC)n1. The number of nitrogens with zero attached hydrogens (tertiary/aromatic N) is 2. The topological polar surface area (TPSA) is 28.2 Å². The van der Waals surface area contributed by atoms with Crippen LogP contribution < -0.4 is 10.2 Å². The average Bonchev–Trinajstić information content (AvgIpc) is 2.34. The predicted molar refractivity (Wildman–Crippen MR) is 71.5 cm³/mol. The number of rotatable bonds is 5. The minimum absolute atomic E-state index is 0.229. The molecule has 1 aromatic heterocycles. The third kappa shape index (κ3) is 4.29. The van der Waals surface area contributed by atoms with E-state index in [4.69, 9.17) is 0 Å². The molecule has 0 aliphatic rings. The third-order valence-electron chi connectivity index (χ3n) is 2.69. The number of aromatic nitrogens is 1. The van der Waals surface area contributed by atoms with Crippen LogP contribution in [0.2, 0.25) is 0 Å². The first-order valence-electron chi connectivity index (χ1n) is 6.29. The Morgan fingerprint density at radius 1 is 1.32 bits per heavy atom. The minimum Gasteiger partial charge on any atom is -0.373 e. The van der Waals surface area contributed by atoms with Crippen LogP contribution >= 0.6 is 0 Å². The van der Waals surface area contributed by atoms with Crippen LogP contribution in [0.15, 0.2) is 12.1 Å². The Kier molecular flexibility index (Phi) is 5.03. The van der Waals surface area contributed by atoms with Crippen LogP contribution in [0.5, 0.6) is 0 Å². The number of pyridine rings is 1. The molecule has 0 fully saturated rings. The number of alkyl halides is 3. The summed E-state index contributed by atoms with van der Waals surface area (Å²) in [4.78, 5) is 6.05. The molecule has 0 aromatic carbocycles. The van der Waals surface area contributed by atoms with E-state index in [2.05, 4.69) is 10.3 Å². The molecule has 19 heavy (non-hydrogen) atoms. The van der Waals surface area contributed by atoms with E-state index in [0.717, 1.165) is 12.1 Å². The number of hydrogen-bond acceptors (Lipinski definition) is 3. The minimum atomic E-state index is -4.36. The molecule has 1 heterocycles. The molecule has 0 radical (unpaired) electrons. The summed E-state index contributed by atoms with van der Waals surface area (Å²) in [7, 11) is 1.56. The van der Waals surface area contributed by atoms with Gasteiger partial charge >= 0.3 is 6.18 Å². The molecule has 0 aliphatic heterocycles. The van der Waals surface area contributed by atoms with Crippen LogP contribution in [0.4, 0.5) is 24.8 Å². The zero-order chi connectivity index (χ0) is 14.6. The Balaban J connectivity index is 3.18. The van der Waals surface area contributed by atoms with Crippen LogP contribution in [-0.2, 0) is 6.18 Å². The number of anilines is 2. The zero-order valence-electron chi connectivity index (χ0n) is 11.7. The Morgan fingerprint density at radius 2 is 1.95 bits per heavy atom. The van der Waals surface area contributed by atoms with Crippen molar-refractivity contribution >= 4 is 11.6 Å². The number of halogens is 3. The highest BCUT2D eigenvalue weighted by Crippen LogP contribution is 2.32. The third-order valence-corrected chi connectivity index (χ3v) is 2.69. The molecular formula is C13H20F3N3. The molecule has 0 spiro atoms. The van der Waals surface area contributed by atoms with Crippen molar-refractivity contribution in [2.75, 3.05) is 30.4 Å². The molecule has 0 saturated heterocycles. The first-order valence-corrected chi connectivity index (χ1v) is 6.29. The van der Waals surface area contributed by atoms with Gasteiger partial charge in [-0.1, -0.05) is 13.8 Å². The van der Waals surface area contributed by atoms with Gasteiger partial charge in [-0.05, 0) is 25.0 Å². The maximum absolute atomic E-state index is 12.8. The van der Waals surface area contributed by atoms with Crippen molar-refractivity contribution in [3.63, 3.8) is 0 Å². The molecule has 1 N–H and O–H groups in total. The normalized spacial score (nSPS) is 11.8. The smallest absolute Gasteiger partial charge is 0.373 e. The second-order valence-electron chi connectivity index (χ2n) is 4.78. The van der Waals surface area contributed by atoms with Crippen molar-refractivity contribution < 1.29 is 13.2 Å². The first-order chi connectivity index (χ1) is 8.77. The van der Waals surface area contributed by atoms with Gasteiger partial charge in [0.2, 0.25) is 0 Å². The highest BCUT2D eigenvalue weighted by atomic mass is 19.4. The molecule has 108 valence electrons. The van der Waals surface area contributed by atoms with E-state index in [1.807, 2.05) is 25.7 Å². The van der Waals surface area contributed by atoms with E-state index in [1.165, 1.54) is 0 Å². The largest absolute Gasteiger partial charge is 0.416 e. The van der Waals surface area contributed by atoms with E-state index >= 15 is 0 Å². The monoisotopic (exact) mass is 275 g/mol. The molecule has 0 amide bonds. The van der Waals surface area contributed by atoms with Gasteiger partial charge in [-0.15, -0.1) is 0 Å². The van der Waals surface area contributed by atoms with Gasteiger partial charge in [-0.2, -0.15) is 13.2 Å². The molecular weight excluding hydrogens is 255 g/mol. The Labute approximate surface area is 111 Å². The van der Waals surface area contributed by atoms with Crippen molar-refractivity contribution in [1.29, 1.82) is 0 Å². The Hall–Kier alpha value is -1.46. The standard InChI is InChI=1S/C13H20F3N3/c1-5-19(8-9(2)3)12-7-10(13(14,15)16)6-11(17-4)18-12/h6-7,9H,5,8H2,1-4H3,(H,17,18). The maximum Gasteiger partial charge on any atom is 0.416 e. The second kappa shape index (κ2) is 6.12. The lowest BCUT2D eigenvalue weighted by molar-refractivity contribution is -0.137. The summed E-state index contributed by atoms with van der Waals surface area (Å²) in [5.74, 6) is 0.941. The van der Waals surface area contributed by atoms with Crippen LogP contribution in [0.3, 0.4) is 0 Å². The zero-order valence-corrected chi connectivity index (χ0v) is 11.7. The van der Waals surface area contributed by atoms with Gasteiger partial charge < -0.3 is 10.2 Å². The summed E-state index contributed by atoms with van der Waals surface area (Å²) < 4.78 is 38.5. The lowest BCUT2D eigenvalue weighted by Crippen LogP contribution is -2.28. The van der Waals surface area contributed by atoms with Gasteiger partial charge in [0.05, 0.1) is 5.56 Å². The van der Waals surface area contributed by atoms with Crippen molar-refractivity contribution in [1.82, 2.24) is 4.98 Å². The summed E-state index contributed by atoms with van der Waals surface area (Å²) >= 11 is 0. The first kappa shape index (κ1) is 15.6. The van der Waals surface area contributed by atoms with Crippen LogP contribution in [-0.4, -0.2) is 25.1 Å². The fourth-order valence-corrected chi connectivity index (χ4v) is 1.80. The molecule has 0 unspecified atom stereocenters. The van der Waals surface area contributed by atoms with E-state index in [0.29, 0.717) is 24.8 Å². The van der Waals surface area contributed by atoms with Crippen molar-refractivity contribution in [2.45, 2.75) is 26.9 Å². The molecule has 0 atom stereocenters. The quantitative estimate of drug-likeness (QED) is 0.889.